The first-order chi connectivity index (χ1) is 15.4. The number of pyridine rings is 1. The number of halogens is 2. The molecule has 3 rings (SSSR count). The first-order valence-electron chi connectivity index (χ1n) is 9.15. The molecule has 0 saturated carbocycles. The molecule has 1 heterocycles. The average molecular weight is 519 g/mol. The summed E-state index contributed by atoms with van der Waals surface area (Å²) in [7, 11) is 1.50. The van der Waals surface area contributed by atoms with Crippen molar-refractivity contribution in [3.8, 4) is 11.5 Å². The van der Waals surface area contributed by atoms with Crippen LogP contribution in [0.2, 0.25) is 5.15 Å². The number of benzene rings is 2. The molecule has 0 radical (unpaired) electrons. The highest BCUT2D eigenvalue weighted by atomic mass is 79.9. The van der Waals surface area contributed by atoms with Crippen LogP contribution in [0.1, 0.15) is 31.8 Å². The standard InChI is InChI=1S/C22H17BrClN3O5/c1-31-18-10-14(11-26-27-21(28)16-3-2-8-25-20(16)24)9-17(23)19(18)32-12-13-4-6-15(7-5-13)22(29)30/h2-11H,12H2,1H3,(H,27,28)(H,29,30). The first-order valence-corrected chi connectivity index (χ1v) is 10.3. The molecule has 0 atom stereocenters. The number of hydrogen-bond acceptors (Lipinski definition) is 6. The number of rotatable bonds is 8. The molecule has 0 spiro atoms. The number of hydrazone groups is 1. The Morgan fingerprint density at radius 2 is 2.00 bits per heavy atom. The van der Waals surface area contributed by atoms with E-state index in [-0.39, 0.29) is 22.9 Å². The van der Waals surface area contributed by atoms with Crippen molar-refractivity contribution < 1.29 is 24.2 Å². The van der Waals surface area contributed by atoms with Crippen LogP contribution in [-0.4, -0.2) is 35.3 Å². The molecule has 2 N–H and O–H groups in total. The van der Waals surface area contributed by atoms with Gasteiger partial charge in [-0.15, -0.1) is 0 Å². The second-order valence-electron chi connectivity index (χ2n) is 6.37. The lowest BCUT2D eigenvalue weighted by Crippen LogP contribution is -2.18. The second-order valence-corrected chi connectivity index (χ2v) is 7.58. The van der Waals surface area contributed by atoms with E-state index in [2.05, 4.69) is 31.4 Å². The summed E-state index contributed by atoms with van der Waals surface area (Å²) in [6.45, 7) is 0.213. The molecule has 10 heteroatoms. The number of aromatic carboxylic acids is 1. The molecule has 1 amide bonds. The molecule has 0 aliphatic heterocycles. The van der Waals surface area contributed by atoms with Gasteiger partial charge in [0.2, 0.25) is 0 Å². The molecule has 3 aromatic rings. The molecule has 0 bridgehead atoms. The molecule has 32 heavy (non-hydrogen) atoms. The summed E-state index contributed by atoms with van der Waals surface area (Å²) in [5.41, 5.74) is 4.25. The summed E-state index contributed by atoms with van der Waals surface area (Å²) in [4.78, 5) is 26.9. The maximum absolute atomic E-state index is 12.1. The number of methoxy groups -OCH3 is 1. The molecule has 0 saturated heterocycles. The third kappa shape index (κ3) is 5.83. The van der Waals surface area contributed by atoms with E-state index in [1.54, 1.807) is 36.4 Å². The molecular formula is C22H17BrClN3O5. The van der Waals surface area contributed by atoms with Gasteiger partial charge in [-0.05, 0) is 63.5 Å². The Morgan fingerprint density at radius 1 is 1.25 bits per heavy atom. The lowest BCUT2D eigenvalue weighted by Gasteiger charge is -2.13. The van der Waals surface area contributed by atoms with Crippen molar-refractivity contribution >= 4 is 45.6 Å². The zero-order valence-corrected chi connectivity index (χ0v) is 19.1. The van der Waals surface area contributed by atoms with Gasteiger partial charge in [0.05, 0.1) is 28.9 Å². The van der Waals surface area contributed by atoms with Crippen molar-refractivity contribution in [2.75, 3.05) is 7.11 Å². The van der Waals surface area contributed by atoms with Gasteiger partial charge < -0.3 is 14.6 Å². The summed E-state index contributed by atoms with van der Waals surface area (Å²) in [5.74, 6) is -0.555. The quantitative estimate of drug-likeness (QED) is 0.257. The molecule has 0 fully saturated rings. The molecule has 164 valence electrons. The largest absolute Gasteiger partial charge is 0.493 e. The number of carbonyl (C=O) groups excluding carboxylic acids is 1. The Kier molecular flexibility index (Phi) is 7.80. The van der Waals surface area contributed by atoms with Crippen LogP contribution in [0, 0.1) is 0 Å². The number of carbonyl (C=O) groups is 2. The van der Waals surface area contributed by atoms with Crippen LogP contribution in [0.5, 0.6) is 11.5 Å². The number of nitrogens with one attached hydrogen (secondary N) is 1. The molecule has 0 aliphatic carbocycles. The fraction of sp³-hybridized carbons (Fsp3) is 0.0909. The van der Waals surface area contributed by atoms with Crippen molar-refractivity contribution in [2.45, 2.75) is 6.61 Å². The van der Waals surface area contributed by atoms with E-state index in [1.165, 1.54) is 31.7 Å². The summed E-state index contributed by atoms with van der Waals surface area (Å²) < 4.78 is 11.9. The third-order valence-corrected chi connectivity index (χ3v) is 5.11. The highest BCUT2D eigenvalue weighted by Crippen LogP contribution is 2.36. The van der Waals surface area contributed by atoms with E-state index in [1.807, 2.05) is 0 Å². The van der Waals surface area contributed by atoms with E-state index in [0.717, 1.165) is 5.56 Å². The predicted molar refractivity (Wildman–Crippen MR) is 123 cm³/mol. The van der Waals surface area contributed by atoms with Gasteiger partial charge in [0.25, 0.3) is 5.91 Å². The topological polar surface area (TPSA) is 110 Å². The van der Waals surface area contributed by atoms with Gasteiger partial charge in [-0.1, -0.05) is 23.7 Å². The van der Waals surface area contributed by atoms with E-state index in [9.17, 15) is 9.59 Å². The smallest absolute Gasteiger partial charge is 0.335 e. The van der Waals surface area contributed by atoms with Gasteiger partial charge >= 0.3 is 5.97 Å². The fourth-order valence-electron chi connectivity index (χ4n) is 2.63. The van der Waals surface area contributed by atoms with Crippen LogP contribution in [0.25, 0.3) is 0 Å². The second kappa shape index (κ2) is 10.7. The van der Waals surface area contributed by atoms with Crippen LogP contribution in [0.15, 0.2) is 64.3 Å². The number of ether oxygens (including phenoxy) is 2. The maximum atomic E-state index is 12.1. The SMILES string of the molecule is COc1cc(C=NNC(=O)c2cccnc2Cl)cc(Br)c1OCc1ccc(C(=O)O)cc1. The average Bonchev–Trinajstić information content (AvgIpc) is 2.78. The minimum atomic E-state index is -0.987. The van der Waals surface area contributed by atoms with Crippen LogP contribution in [0.4, 0.5) is 0 Å². The molecule has 0 unspecified atom stereocenters. The number of nitrogens with zero attached hydrogens (tertiary/aromatic N) is 2. The Labute approximate surface area is 197 Å². The number of amides is 1. The van der Waals surface area contributed by atoms with Crippen LogP contribution >= 0.6 is 27.5 Å². The zero-order valence-electron chi connectivity index (χ0n) is 16.7. The Hall–Kier alpha value is -3.43. The number of carboxylic acids is 1. The molecule has 2 aromatic carbocycles. The van der Waals surface area contributed by atoms with Gasteiger partial charge in [0.15, 0.2) is 11.5 Å². The van der Waals surface area contributed by atoms with E-state index in [4.69, 9.17) is 26.2 Å². The van der Waals surface area contributed by atoms with Gasteiger partial charge in [0, 0.05) is 6.20 Å². The normalized spacial score (nSPS) is 10.7. The van der Waals surface area contributed by atoms with Gasteiger partial charge in [0.1, 0.15) is 11.8 Å². The summed E-state index contributed by atoms with van der Waals surface area (Å²) in [6.07, 6.45) is 2.94. The van der Waals surface area contributed by atoms with Crippen molar-refractivity contribution in [3.63, 3.8) is 0 Å². The first kappa shape index (κ1) is 23.2. The Bertz CT molecular complexity index is 1170. The van der Waals surface area contributed by atoms with E-state index in [0.29, 0.717) is 21.5 Å². The predicted octanol–water partition coefficient (Wildman–Crippen LogP) is 4.55. The van der Waals surface area contributed by atoms with Gasteiger partial charge in [-0.25, -0.2) is 15.2 Å². The van der Waals surface area contributed by atoms with Crippen molar-refractivity contribution in [1.82, 2.24) is 10.4 Å². The Balaban J connectivity index is 1.69. The molecule has 1 aromatic heterocycles. The summed E-state index contributed by atoms with van der Waals surface area (Å²) >= 11 is 9.35. The summed E-state index contributed by atoms with van der Waals surface area (Å²) in [5, 5.41) is 13.0. The van der Waals surface area contributed by atoms with Crippen molar-refractivity contribution in [3.05, 3.63) is 86.6 Å². The minimum absolute atomic E-state index is 0.0868. The zero-order chi connectivity index (χ0) is 23.1. The third-order valence-electron chi connectivity index (χ3n) is 4.22. The lowest BCUT2D eigenvalue weighted by molar-refractivity contribution is 0.0696. The van der Waals surface area contributed by atoms with E-state index >= 15 is 0 Å². The van der Waals surface area contributed by atoms with Crippen molar-refractivity contribution in [2.24, 2.45) is 5.10 Å². The van der Waals surface area contributed by atoms with Crippen molar-refractivity contribution in [1.29, 1.82) is 0 Å². The molecule has 0 aliphatic rings. The monoisotopic (exact) mass is 517 g/mol. The van der Waals surface area contributed by atoms with Gasteiger partial charge in [-0.3, -0.25) is 4.79 Å². The number of hydrogen-bond donors (Lipinski definition) is 2. The number of aromatic nitrogens is 1. The van der Waals surface area contributed by atoms with Crippen LogP contribution in [-0.2, 0) is 6.61 Å². The number of carboxylic acid groups (broad SMARTS) is 1. The highest BCUT2D eigenvalue weighted by Gasteiger charge is 2.13. The van der Waals surface area contributed by atoms with E-state index < -0.39 is 11.9 Å². The molecule has 8 nitrogen and oxygen atoms in total. The molecular weight excluding hydrogens is 502 g/mol. The summed E-state index contributed by atoms with van der Waals surface area (Å²) in [6, 6.07) is 13.0. The lowest BCUT2D eigenvalue weighted by atomic mass is 10.1. The fourth-order valence-corrected chi connectivity index (χ4v) is 3.41. The minimum Gasteiger partial charge on any atom is -0.493 e. The van der Waals surface area contributed by atoms with Gasteiger partial charge in [-0.2, -0.15) is 5.10 Å². The highest BCUT2D eigenvalue weighted by molar-refractivity contribution is 9.10. The maximum Gasteiger partial charge on any atom is 0.335 e. The Morgan fingerprint density at radius 3 is 2.66 bits per heavy atom. The van der Waals surface area contributed by atoms with Crippen LogP contribution in [0.3, 0.4) is 0 Å². The van der Waals surface area contributed by atoms with Crippen LogP contribution < -0.4 is 14.9 Å².